The van der Waals surface area contributed by atoms with Gasteiger partial charge in [-0.15, -0.1) is 8.93 Å². The molecule has 15 heavy (non-hydrogen) atoms. The van der Waals surface area contributed by atoms with Crippen molar-refractivity contribution in [2.45, 2.75) is 0 Å². The van der Waals surface area contributed by atoms with E-state index in [9.17, 15) is 14.9 Å². The minimum Gasteiger partial charge on any atom is -0.465 e. The van der Waals surface area contributed by atoms with Crippen LogP contribution in [0.1, 0.15) is 10.4 Å². The Kier molecular flexibility index (Phi) is 4.13. The summed E-state index contributed by atoms with van der Waals surface area (Å²) in [4.78, 5) is 21.3. The summed E-state index contributed by atoms with van der Waals surface area (Å²) in [6.45, 7) is 0. The molecule has 0 aliphatic carbocycles. The zero-order valence-electron chi connectivity index (χ0n) is 7.89. The number of nitro benzene ring substituents is 1. The normalized spacial score (nSPS) is 10.5. The van der Waals surface area contributed by atoms with Gasteiger partial charge < -0.3 is 4.74 Å². The van der Waals surface area contributed by atoms with Crippen LogP contribution in [0.25, 0.3) is 0 Å². The topological polar surface area (TPSA) is 69.4 Å². The molecule has 1 aromatic carbocycles. The summed E-state index contributed by atoms with van der Waals surface area (Å²) in [6.07, 6.45) is 0. The molecule has 0 aromatic heterocycles. The smallest absolute Gasteiger partial charge is 0.338 e. The molecule has 2 atom stereocenters. The lowest BCUT2D eigenvalue weighted by atomic mass is 10.2. The summed E-state index contributed by atoms with van der Waals surface area (Å²) in [6, 6.07) is 4.09. The van der Waals surface area contributed by atoms with Gasteiger partial charge in [0.05, 0.1) is 17.6 Å². The summed E-state index contributed by atoms with van der Waals surface area (Å²) >= 11 is 0. The number of carbonyl (C=O) groups is 1. The first-order valence-electron chi connectivity index (χ1n) is 3.93. The number of ether oxygens (including phenoxy) is 1. The average molecular weight is 245 g/mol. The van der Waals surface area contributed by atoms with E-state index in [1.807, 2.05) is 0 Å². The molecular formula is C8H9NO4P2. The second-order valence-corrected chi connectivity index (χ2v) is 4.32. The Morgan fingerprint density at radius 1 is 1.60 bits per heavy atom. The van der Waals surface area contributed by atoms with Crippen LogP contribution in [0.4, 0.5) is 5.69 Å². The van der Waals surface area contributed by atoms with Crippen molar-refractivity contribution in [3.05, 3.63) is 33.9 Å². The molecule has 5 nitrogen and oxygen atoms in total. The van der Waals surface area contributed by atoms with Crippen molar-refractivity contribution in [1.82, 2.24) is 0 Å². The standard InChI is InChI=1S/C8H9NO4P2/c1-13-8(10)6-3-2-5(9(11)12)4-7(6)15-14/h2-4,15H,14H2,1H3. The van der Waals surface area contributed by atoms with Crippen LogP contribution in [-0.4, -0.2) is 18.0 Å². The van der Waals surface area contributed by atoms with E-state index < -0.39 is 10.9 Å². The maximum atomic E-state index is 11.3. The summed E-state index contributed by atoms with van der Waals surface area (Å²) in [5.74, 6) is -0.477. The van der Waals surface area contributed by atoms with E-state index in [0.29, 0.717) is 10.9 Å². The van der Waals surface area contributed by atoms with Crippen LogP contribution in [-0.2, 0) is 4.74 Å². The Morgan fingerprint density at radius 3 is 2.73 bits per heavy atom. The van der Waals surface area contributed by atoms with Crippen LogP contribution < -0.4 is 5.30 Å². The molecule has 80 valence electrons. The highest BCUT2D eigenvalue weighted by Crippen LogP contribution is 2.24. The van der Waals surface area contributed by atoms with Gasteiger partial charge in [-0.05, 0) is 11.4 Å². The Hall–Kier alpha value is -1.05. The molecule has 0 N–H and O–H groups in total. The van der Waals surface area contributed by atoms with Crippen molar-refractivity contribution < 1.29 is 14.5 Å². The molecule has 0 saturated heterocycles. The lowest BCUT2D eigenvalue weighted by Gasteiger charge is -2.04. The van der Waals surface area contributed by atoms with E-state index in [0.717, 1.165) is 0 Å². The molecule has 0 radical (unpaired) electrons. The van der Waals surface area contributed by atoms with Gasteiger partial charge in [0.15, 0.2) is 0 Å². The van der Waals surface area contributed by atoms with Gasteiger partial charge in [0.2, 0.25) is 0 Å². The Morgan fingerprint density at radius 2 is 2.27 bits per heavy atom. The van der Waals surface area contributed by atoms with E-state index in [-0.39, 0.29) is 14.0 Å². The summed E-state index contributed by atoms with van der Waals surface area (Å²) in [5.41, 5.74) is 0.351. The van der Waals surface area contributed by atoms with Crippen LogP contribution >= 0.6 is 17.2 Å². The first kappa shape index (κ1) is 12.0. The van der Waals surface area contributed by atoms with Crippen LogP contribution in [0.3, 0.4) is 0 Å². The fourth-order valence-electron chi connectivity index (χ4n) is 1.05. The Bertz CT molecular complexity index is 408. The number of esters is 1. The molecule has 0 bridgehead atoms. The van der Waals surface area contributed by atoms with E-state index in [1.54, 1.807) is 0 Å². The number of benzene rings is 1. The van der Waals surface area contributed by atoms with Crippen molar-refractivity contribution in [2.24, 2.45) is 0 Å². The maximum absolute atomic E-state index is 11.3. The van der Waals surface area contributed by atoms with Crippen molar-refractivity contribution >= 4 is 34.2 Å². The monoisotopic (exact) mass is 245 g/mol. The number of hydrogen-bond acceptors (Lipinski definition) is 4. The molecule has 0 aliphatic heterocycles. The quantitative estimate of drug-likeness (QED) is 0.350. The van der Waals surface area contributed by atoms with Crippen LogP contribution in [0, 0.1) is 10.1 Å². The van der Waals surface area contributed by atoms with Crippen molar-refractivity contribution in [1.29, 1.82) is 0 Å². The van der Waals surface area contributed by atoms with Gasteiger partial charge >= 0.3 is 5.97 Å². The van der Waals surface area contributed by atoms with E-state index in [4.69, 9.17) is 0 Å². The van der Waals surface area contributed by atoms with Gasteiger partial charge in [-0.3, -0.25) is 10.1 Å². The first-order valence-corrected chi connectivity index (χ1v) is 6.74. The molecular weight excluding hydrogens is 236 g/mol. The first-order chi connectivity index (χ1) is 7.10. The number of methoxy groups -OCH3 is 1. The second-order valence-electron chi connectivity index (χ2n) is 2.62. The van der Waals surface area contributed by atoms with E-state index in [1.165, 1.54) is 25.3 Å². The third-order valence-corrected chi connectivity index (χ3v) is 3.43. The molecule has 0 aliphatic rings. The Balaban J connectivity index is 3.20. The number of carbonyl (C=O) groups excluding carboxylic acids is 1. The van der Waals surface area contributed by atoms with E-state index in [2.05, 4.69) is 13.7 Å². The minimum atomic E-state index is -0.491. The van der Waals surface area contributed by atoms with Crippen molar-refractivity contribution in [3.8, 4) is 0 Å². The minimum absolute atomic E-state index is 0.0207. The highest BCUT2D eigenvalue weighted by Gasteiger charge is 2.15. The number of rotatable bonds is 3. The average Bonchev–Trinajstić information content (AvgIpc) is 2.27. The zero-order valence-corrected chi connectivity index (χ0v) is 10.0. The third-order valence-electron chi connectivity index (χ3n) is 1.77. The molecule has 7 heteroatoms. The second kappa shape index (κ2) is 5.15. The molecule has 1 aromatic rings. The lowest BCUT2D eigenvalue weighted by molar-refractivity contribution is -0.384. The van der Waals surface area contributed by atoms with Crippen LogP contribution in [0.2, 0.25) is 0 Å². The molecule has 0 saturated carbocycles. The fraction of sp³-hybridized carbons (Fsp3) is 0.125. The molecule has 1 rings (SSSR count). The van der Waals surface area contributed by atoms with Gasteiger partial charge in [-0.25, -0.2) is 4.79 Å². The van der Waals surface area contributed by atoms with Gasteiger partial charge in [0.1, 0.15) is 0 Å². The summed E-state index contributed by atoms with van der Waals surface area (Å²) in [5, 5.41) is 11.1. The summed E-state index contributed by atoms with van der Waals surface area (Å²) in [7, 11) is 3.95. The predicted octanol–water partition coefficient (Wildman–Crippen LogP) is 1.48. The highest BCUT2D eigenvalue weighted by molar-refractivity contribution is 8.06. The SMILES string of the molecule is COC(=O)c1ccc([N+](=O)[O-])cc1PP. The van der Waals surface area contributed by atoms with Crippen molar-refractivity contribution in [3.63, 3.8) is 0 Å². The zero-order chi connectivity index (χ0) is 11.4. The highest BCUT2D eigenvalue weighted by atomic mass is 32.0. The fourth-order valence-corrected chi connectivity index (χ4v) is 2.34. The molecule has 0 heterocycles. The van der Waals surface area contributed by atoms with Gasteiger partial charge in [-0.2, -0.15) is 0 Å². The predicted molar refractivity (Wildman–Crippen MR) is 62.1 cm³/mol. The summed E-state index contributed by atoms with van der Waals surface area (Å²) < 4.78 is 4.57. The number of nitrogens with zero attached hydrogens (tertiary/aromatic N) is 1. The number of non-ortho nitro benzene ring substituents is 1. The molecule has 0 spiro atoms. The molecule has 0 fully saturated rings. The lowest BCUT2D eigenvalue weighted by Crippen LogP contribution is -2.12. The number of nitro groups is 1. The van der Waals surface area contributed by atoms with Crippen molar-refractivity contribution in [2.75, 3.05) is 7.11 Å². The largest absolute Gasteiger partial charge is 0.465 e. The third kappa shape index (κ3) is 2.71. The molecule has 2 unspecified atom stereocenters. The Labute approximate surface area is 90.2 Å². The van der Waals surface area contributed by atoms with Crippen LogP contribution in [0.15, 0.2) is 18.2 Å². The van der Waals surface area contributed by atoms with Crippen LogP contribution in [0.5, 0.6) is 0 Å². The number of hydrogen-bond donors (Lipinski definition) is 0. The van der Waals surface area contributed by atoms with Gasteiger partial charge in [0.25, 0.3) is 5.69 Å². The molecule has 0 amide bonds. The van der Waals surface area contributed by atoms with Gasteiger partial charge in [0, 0.05) is 12.1 Å². The van der Waals surface area contributed by atoms with E-state index >= 15 is 0 Å². The van der Waals surface area contributed by atoms with Gasteiger partial charge in [-0.1, -0.05) is 8.27 Å². The maximum Gasteiger partial charge on any atom is 0.338 e.